The van der Waals surface area contributed by atoms with Crippen molar-refractivity contribution in [2.45, 2.75) is 6.54 Å². The highest BCUT2D eigenvalue weighted by Gasteiger charge is 2.11. The van der Waals surface area contributed by atoms with Crippen LogP contribution in [0, 0.1) is 11.3 Å². The first kappa shape index (κ1) is 16.6. The fraction of sp³-hybridized carbons (Fsp3) is 0.375. The molecule has 0 unspecified atom stereocenters. The van der Waals surface area contributed by atoms with Gasteiger partial charge in [0.25, 0.3) is 0 Å². The number of nitrogens with two attached hydrogens (primary N) is 1. The molecule has 0 aliphatic carbocycles. The first-order valence-electron chi connectivity index (χ1n) is 7.09. The van der Waals surface area contributed by atoms with Crippen LogP contribution in [0.2, 0.25) is 0 Å². The van der Waals surface area contributed by atoms with Gasteiger partial charge in [0.15, 0.2) is 0 Å². The van der Waals surface area contributed by atoms with Gasteiger partial charge in [-0.3, -0.25) is 9.69 Å². The number of carbonyl (C=O) groups is 1. The van der Waals surface area contributed by atoms with Crippen molar-refractivity contribution in [1.29, 1.82) is 5.26 Å². The van der Waals surface area contributed by atoms with E-state index < -0.39 is 5.91 Å². The SMILES string of the molecule is N#C/C=C(/SCC(N)=O)c1ccc(CN2CCOCC2)cc1. The molecule has 0 bridgehead atoms. The van der Waals surface area contributed by atoms with Crippen LogP contribution in [0.1, 0.15) is 11.1 Å². The van der Waals surface area contributed by atoms with Crippen LogP contribution in [-0.2, 0) is 16.1 Å². The Morgan fingerprint density at radius 2 is 2.05 bits per heavy atom. The summed E-state index contributed by atoms with van der Waals surface area (Å²) < 4.78 is 5.34. The Balaban J connectivity index is 2.01. The highest BCUT2D eigenvalue weighted by molar-refractivity contribution is 8.08. The molecule has 0 saturated carbocycles. The highest BCUT2D eigenvalue weighted by Crippen LogP contribution is 2.27. The molecule has 1 aliphatic rings. The number of allylic oxidation sites excluding steroid dienone is 1. The summed E-state index contributed by atoms with van der Waals surface area (Å²) in [4.78, 5) is 14.0. The molecule has 1 aromatic carbocycles. The first-order chi connectivity index (χ1) is 10.7. The standard InChI is InChI=1S/C16H19N3O2S/c17-6-5-15(22-12-16(18)20)14-3-1-13(2-4-14)11-19-7-9-21-10-8-19/h1-5H,7-12H2,(H2,18,20)/b15-5+. The summed E-state index contributed by atoms with van der Waals surface area (Å²) in [6.07, 6.45) is 1.45. The second-order valence-corrected chi connectivity index (χ2v) is 6.00. The number of benzene rings is 1. The fourth-order valence-electron chi connectivity index (χ4n) is 2.21. The number of ether oxygens (including phenoxy) is 1. The van der Waals surface area contributed by atoms with Gasteiger partial charge in [-0.2, -0.15) is 5.26 Å². The van der Waals surface area contributed by atoms with Gasteiger partial charge in [0.1, 0.15) is 0 Å². The lowest BCUT2D eigenvalue weighted by molar-refractivity contribution is -0.115. The Hall–Kier alpha value is -1.81. The van der Waals surface area contributed by atoms with Crippen LogP contribution in [0.3, 0.4) is 0 Å². The molecule has 0 aromatic heterocycles. The third-order valence-electron chi connectivity index (χ3n) is 3.31. The molecule has 1 aliphatic heterocycles. The van der Waals surface area contributed by atoms with Crippen molar-refractivity contribution in [1.82, 2.24) is 4.90 Å². The molecule has 1 aromatic rings. The molecule has 1 heterocycles. The average Bonchev–Trinajstić information content (AvgIpc) is 2.53. The lowest BCUT2D eigenvalue weighted by atomic mass is 10.1. The maximum atomic E-state index is 10.9. The van der Waals surface area contributed by atoms with Crippen LogP contribution in [-0.4, -0.2) is 42.9 Å². The summed E-state index contributed by atoms with van der Waals surface area (Å²) >= 11 is 1.29. The van der Waals surface area contributed by atoms with E-state index in [4.69, 9.17) is 15.7 Å². The number of carbonyl (C=O) groups excluding carboxylic acids is 1. The Kier molecular flexibility index (Phi) is 6.46. The molecule has 1 saturated heterocycles. The van der Waals surface area contributed by atoms with E-state index in [0.29, 0.717) is 0 Å². The molecule has 5 nitrogen and oxygen atoms in total. The number of hydrogen-bond acceptors (Lipinski definition) is 5. The maximum Gasteiger partial charge on any atom is 0.227 e. The minimum absolute atomic E-state index is 0.170. The van der Waals surface area contributed by atoms with Crippen LogP contribution in [0.25, 0.3) is 4.91 Å². The van der Waals surface area contributed by atoms with Crippen molar-refractivity contribution < 1.29 is 9.53 Å². The van der Waals surface area contributed by atoms with E-state index in [9.17, 15) is 4.79 Å². The molecule has 0 radical (unpaired) electrons. The van der Waals surface area contributed by atoms with Gasteiger partial charge in [0.2, 0.25) is 5.91 Å². The number of nitriles is 1. The highest BCUT2D eigenvalue weighted by atomic mass is 32.2. The minimum Gasteiger partial charge on any atom is -0.379 e. The normalized spacial score (nSPS) is 16.2. The Morgan fingerprint density at radius 3 is 2.64 bits per heavy atom. The van der Waals surface area contributed by atoms with Gasteiger partial charge < -0.3 is 10.5 Å². The Morgan fingerprint density at radius 1 is 1.36 bits per heavy atom. The number of morpholine rings is 1. The molecule has 1 amide bonds. The van der Waals surface area contributed by atoms with Gasteiger partial charge in [0, 0.05) is 30.6 Å². The summed E-state index contributed by atoms with van der Waals surface area (Å²) in [6, 6.07) is 10.1. The second kappa shape index (κ2) is 8.59. The van der Waals surface area contributed by atoms with Gasteiger partial charge in [-0.15, -0.1) is 11.8 Å². The molecule has 1 fully saturated rings. The molecule has 2 rings (SSSR count). The monoisotopic (exact) mass is 317 g/mol. The zero-order valence-corrected chi connectivity index (χ0v) is 13.1. The lowest BCUT2D eigenvalue weighted by Gasteiger charge is -2.26. The van der Waals surface area contributed by atoms with Crippen LogP contribution in [0.5, 0.6) is 0 Å². The number of amides is 1. The number of thioether (sulfide) groups is 1. The maximum absolute atomic E-state index is 10.9. The summed E-state index contributed by atoms with van der Waals surface area (Å²) in [5.41, 5.74) is 7.31. The van der Waals surface area contributed by atoms with Crippen LogP contribution >= 0.6 is 11.8 Å². The van der Waals surface area contributed by atoms with E-state index in [2.05, 4.69) is 17.0 Å². The van der Waals surface area contributed by atoms with Crippen LogP contribution < -0.4 is 5.73 Å². The van der Waals surface area contributed by atoms with Crippen molar-refractivity contribution in [3.05, 3.63) is 41.5 Å². The molecule has 6 heteroatoms. The summed E-state index contributed by atoms with van der Waals surface area (Å²) in [6.45, 7) is 4.38. The summed E-state index contributed by atoms with van der Waals surface area (Å²) in [5, 5.41) is 8.86. The second-order valence-electron chi connectivity index (χ2n) is 4.98. The predicted octanol–water partition coefficient (Wildman–Crippen LogP) is 1.60. The van der Waals surface area contributed by atoms with Gasteiger partial charge in [-0.25, -0.2) is 0 Å². The van der Waals surface area contributed by atoms with Crippen LogP contribution in [0.15, 0.2) is 30.3 Å². The van der Waals surface area contributed by atoms with Crippen molar-refractivity contribution in [3.63, 3.8) is 0 Å². The van der Waals surface area contributed by atoms with E-state index in [0.717, 1.165) is 43.3 Å². The molecular weight excluding hydrogens is 298 g/mol. The summed E-state index contributed by atoms with van der Waals surface area (Å²) in [7, 11) is 0. The number of nitrogens with zero attached hydrogens (tertiary/aromatic N) is 2. The van der Waals surface area contributed by atoms with Crippen LogP contribution in [0.4, 0.5) is 0 Å². The third kappa shape index (κ3) is 5.19. The van der Waals surface area contributed by atoms with Gasteiger partial charge in [-0.1, -0.05) is 24.3 Å². The smallest absolute Gasteiger partial charge is 0.227 e. The van der Waals surface area contributed by atoms with E-state index in [1.54, 1.807) is 0 Å². The van der Waals surface area contributed by atoms with E-state index >= 15 is 0 Å². The molecule has 0 atom stereocenters. The van der Waals surface area contributed by atoms with Gasteiger partial charge in [0.05, 0.1) is 25.0 Å². The zero-order chi connectivity index (χ0) is 15.8. The average molecular weight is 317 g/mol. The molecule has 22 heavy (non-hydrogen) atoms. The van der Waals surface area contributed by atoms with Crippen molar-refractivity contribution >= 4 is 22.6 Å². The summed E-state index contributed by atoms with van der Waals surface area (Å²) in [5.74, 6) is -0.221. The quantitative estimate of drug-likeness (QED) is 0.806. The zero-order valence-electron chi connectivity index (χ0n) is 12.3. The Bertz CT molecular complexity index is 572. The number of rotatable bonds is 6. The van der Waals surface area contributed by atoms with E-state index in [1.165, 1.54) is 23.4 Å². The molecular formula is C16H19N3O2S. The first-order valence-corrected chi connectivity index (χ1v) is 8.08. The van der Waals surface area contributed by atoms with Crippen molar-refractivity contribution in [2.24, 2.45) is 5.73 Å². The third-order valence-corrected chi connectivity index (χ3v) is 4.41. The lowest BCUT2D eigenvalue weighted by Crippen LogP contribution is -2.35. The topological polar surface area (TPSA) is 79.3 Å². The number of hydrogen-bond donors (Lipinski definition) is 1. The van der Waals surface area contributed by atoms with Crippen molar-refractivity contribution in [2.75, 3.05) is 32.1 Å². The molecule has 2 N–H and O–H groups in total. The number of primary amides is 1. The largest absolute Gasteiger partial charge is 0.379 e. The molecule has 116 valence electrons. The van der Waals surface area contributed by atoms with E-state index in [-0.39, 0.29) is 5.75 Å². The fourth-order valence-corrected chi connectivity index (χ4v) is 2.94. The van der Waals surface area contributed by atoms with Gasteiger partial charge >= 0.3 is 0 Å². The minimum atomic E-state index is -0.391. The van der Waals surface area contributed by atoms with E-state index in [1.807, 2.05) is 18.2 Å². The van der Waals surface area contributed by atoms with Crippen molar-refractivity contribution in [3.8, 4) is 6.07 Å². The molecule has 0 spiro atoms. The predicted molar refractivity (Wildman–Crippen MR) is 87.8 cm³/mol. The van der Waals surface area contributed by atoms with Gasteiger partial charge in [-0.05, 0) is 11.1 Å². The Labute approximate surface area is 134 Å².